The number of nitrogens with zero attached hydrogens (tertiary/aromatic N) is 1. The molecule has 0 amide bonds. The van der Waals surface area contributed by atoms with Gasteiger partial charge in [-0.15, -0.1) is 11.3 Å². The fourth-order valence-electron chi connectivity index (χ4n) is 3.29. The Morgan fingerprint density at radius 3 is 2.78 bits per heavy atom. The van der Waals surface area contributed by atoms with Crippen LogP contribution >= 0.6 is 11.3 Å². The number of hydrogen-bond donors (Lipinski definition) is 1. The summed E-state index contributed by atoms with van der Waals surface area (Å²) in [5, 5.41) is 1.70. The maximum atomic E-state index is 12.6. The number of piperidine rings is 1. The number of rotatable bonds is 2. The predicted molar refractivity (Wildman–Crippen MR) is 73.0 cm³/mol. The Labute approximate surface area is 112 Å². The van der Waals surface area contributed by atoms with Crippen LogP contribution in [0.15, 0.2) is 15.7 Å². The third-order valence-corrected chi connectivity index (χ3v) is 7.46. The van der Waals surface area contributed by atoms with Crippen molar-refractivity contribution in [2.24, 2.45) is 5.92 Å². The minimum absolute atomic E-state index is 0.229. The lowest BCUT2D eigenvalue weighted by atomic mass is 9.94. The van der Waals surface area contributed by atoms with Crippen LogP contribution in [-0.4, -0.2) is 25.3 Å². The number of sulfonamides is 1. The molecule has 1 aliphatic heterocycles. The van der Waals surface area contributed by atoms with Crippen LogP contribution < -0.4 is 5.73 Å². The molecule has 18 heavy (non-hydrogen) atoms. The molecule has 0 spiro atoms. The van der Waals surface area contributed by atoms with Crippen molar-refractivity contribution in [3.05, 3.63) is 11.4 Å². The number of nitrogens with two attached hydrogens (primary N) is 1. The highest BCUT2D eigenvalue weighted by Gasteiger charge is 2.41. The van der Waals surface area contributed by atoms with Gasteiger partial charge in [0.15, 0.2) is 0 Å². The van der Waals surface area contributed by atoms with Crippen molar-refractivity contribution in [2.75, 3.05) is 12.3 Å². The lowest BCUT2D eigenvalue weighted by molar-refractivity contribution is 0.202. The molecule has 0 bridgehead atoms. The van der Waals surface area contributed by atoms with Crippen molar-refractivity contribution in [3.8, 4) is 0 Å². The van der Waals surface area contributed by atoms with Crippen molar-refractivity contribution in [1.29, 1.82) is 0 Å². The molecular formula is C12H18N2O2S2. The summed E-state index contributed by atoms with van der Waals surface area (Å²) in [6, 6.07) is 1.81. The summed E-state index contributed by atoms with van der Waals surface area (Å²) in [5.74, 6) is 0.575. The van der Waals surface area contributed by atoms with Crippen LogP contribution in [0.2, 0.25) is 0 Å². The smallest absolute Gasteiger partial charge is 0.252 e. The molecule has 1 saturated heterocycles. The lowest BCUT2D eigenvalue weighted by Crippen LogP contribution is -2.45. The van der Waals surface area contributed by atoms with Crippen LogP contribution in [-0.2, 0) is 10.0 Å². The summed E-state index contributed by atoms with van der Waals surface area (Å²) in [6.45, 7) is 0.668. The van der Waals surface area contributed by atoms with Crippen LogP contribution in [0.25, 0.3) is 0 Å². The maximum Gasteiger partial charge on any atom is 0.252 e. The first-order valence-corrected chi connectivity index (χ1v) is 8.77. The maximum absolute atomic E-state index is 12.6. The first-order valence-electron chi connectivity index (χ1n) is 6.45. The summed E-state index contributed by atoms with van der Waals surface area (Å²) < 4.78 is 27.4. The molecule has 2 fully saturated rings. The van der Waals surface area contributed by atoms with Gasteiger partial charge in [-0.25, -0.2) is 8.42 Å². The van der Waals surface area contributed by atoms with E-state index in [2.05, 4.69) is 0 Å². The first-order chi connectivity index (χ1) is 8.59. The monoisotopic (exact) mass is 286 g/mol. The highest BCUT2D eigenvalue weighted by molar-refractivity contribution is 7.91. The van der Waals surface area contributed by atoms with Crippen molar-refractivity contribution in [2.45, 2.75) is 42.4 Å². The van der Waals surface area contributed by atoms with Crippen LogP contribution in [0.1, 0.15) is 32.1 Å². The molecule has 4 nitrogen and oxygen atoms in total. The Morgan fingerprint density at radius 2 is 2.06 bits per heavy atom. The topological polar surface area (TPSA) is 63.4 Å². The Morgan fingerprint density at radius 1 is 1.28 bits per heavy atom. The molecule has 2 atom stereocenters. The van der Waals surface area contributed by atoms with Crippen LogP contribution in [0.5, 0.6) is 0 Å². The Bertz CT molecular complexity index is 538. The number of thiophene rings is 1. The molecule has 1 aromatic rings. The SMILES string of the molecule is Nc1csc(S(=O)(=O)N2CCCC3CCCC32)c1. The quantitative estimate of drug-likeness (QED) is 0.907. The van der Waals surface area contributed by atoms with Crippen molar-refractivity contribution < 1.29 is 8.42 Å². The van der Waals surface area contributed by atoms with E-state index in [0.717, 1.165) is 19.3 Å². The van der Waals surface area contributed by atoms with E-state index < -0.39 is 10.0 Å². The summed E-state index contributed by atoms with van der Waals surface area (Å²) in [4.78, 5) is 0. The van der Waals surface area contributed by atoms with Gasteiger partial charge >= 0.3 is 0 Å². The molecule has 0 aromatic carbocycles. The van der Waals surface area contributed by atoms with Gasteiger partial charge in [0.1, 0.15) is 4.21 Å². The number of hydrogen-bond acceptors (Lipinski definition) is 4. The molecule has 1 saturated carbocycles. The lowest BCUT2D eigenvalue weighted by Gasteiger charge is -2.36. The molecule has 2 unspecified atom stereocenters. The Hall–Kier alpha value is -0.590. The largest absolute Gasteiger partial charge is 0.398 e. The number of anilines is 1. The third-order valence-electron chi connectivity index (χ3n) is 4.10. The van der Waals surface area contributed by atoms with Gasteiger partial charge in [-0.2, -0.15) is 4.31 Å². The molecule has 0 radical (unpaired) electrons. The summed E-state index contributed by atoms with van der Waals surface area (Å²) in [6.07, 6.45) is 5.53. The molecule has 100 valence electrons. The average molecular weight is 286 g/mol. The van der Waals surface area contributed by atoms with Crippen LogP contribution in [0.3, 0.4) is 0 Å². The number of fused-ring (bicyclic) bond motifs is 1. The van der Waals surface area contributed by atoms with Gasteiger partial charge in [0, 0.05) is 23.7 Å². The van der Waals surface area contributed by atoms with E-state index in [1.807, 2.05) is 0 Å². The second-order valence-corrected chi connectivity index (χ2v) is 8.24. The van der Waals surface area contributed by atoms with E-state index in [1.54, 1.807) is 15.8 Å². The molecule has 1 aromatic heterocycles. The fourth-order valence-corrected chi connectivity index (χ4v) is 6.25. The fraction of sp³-hybridized carbons (Fsp3) is 0.667. The minimum Gasteiger partial charge on any atom is -0.398 e. The molecule has 2 heterocycles. The van der Waals surface area contributed by atoms with E-state index in [9.17, 15) is 8.42 Å². The van der Waals surface area contributed by atoms with Crippen molar-refractivity contribution >= 4 is 27.0 Å². The summed E-state index contributed by atoms with van der Waals surface area (Å²) in [5.41, 5.74) is 6.18. The van der Waals surface area contributed by atoms with Crippen LogP contribution in [0, 0.1) is 5.92 Å². The van der Waals surface area contributed by atoms with E-state index in [0.29, 0.717) is 22.4 Å². The van der Waals surface area contributed by atoms with Gasteiger partial charge in [0.2, 0.25) is 0 Å². The Kier molecular flexibility index (Phi) is 3.11. The molecule has 2 N–H and O–H groups in total. The second-order valence-electron chi connectivity index (χ2n) is 5.22. The van der Waals surface area contributed by atoms with Gasteiger partial charge in [0.25, 0.3) is 10.0 Å². The molecular weight excluding hydrogens is 268 g/mol. The normalized spacial score (nSPS) is 29.3. The van der Waals surface area contributed by atoms with E-state index >= 15 is 0 Å². The van der Waals surface area contributed by atoms with E-state index in [-0.39, 0.29) is 6.04 Å². The van der Waals surface area contributed by atoms with Crippen LogP contribution in [0.4, 0.5) is 5.69 Å². The standard InChI is InChI=1S/C12H18N2O2S2/c13-10-7-12(17-8-10)18(15,16)14-6-2-4-9-3-1-5-11(9)14/h7-9,11H,1-6,13H2. The minimum atomic E-state index is -3.32. The highest BCUT2D eigenvalue weighted by Crippen LogP contribution is 2.40. The van der Waals surface area contributed by atoms with Gasteiger partial charge in [-0.3, -0.25) is 0 Å². The molecule has 1 aliphatic carbocycles. The summed E-state index contributed by atoms with van der Waals surface area (Å²) in [7, 11) is -3.32. The zero-order valence-corrected chi connectivity index (χ0v) is 11.8. The van der Waals surface area contributed by atoms with E-state index in [1.165, 1.54) is 24.2 Å². The number of nitrogen functional groups attached to an aromatic ring is 1. The summed E-state index contributed by atoms with van der Waals surface area (Å²) >= 11 is 1.23. The van der Waals surface area contributed by atoms with Crippen molar-refractivity contribution in [3.63, 3.8) is 0 Å². The van der Waals surface area contributed by atoms with Gasteiger partial charge in [-0.05, 0) is 37.7 Å². The zero-order valence-electron chi connectivity index (χ0n) is 10.2. The first kappa shape index (κ1) is 12.4. The average Bonchev–Trinajstić information content (AvgIpc) is 2.96. The molecule has 6 heteroatoms. The molecule has 2 aliphatic rings. The van der Waals surface area contributed by atoms with Gasteiger partial charge in [0.05, 0.1) is 0 Å². The van der Waals surface area contributed by atoms with Gasteiger partial charge < -0.3 is 5.73 Å². The van der Waals surface area contributed by atoms with Crippen molar-refractivity contribution in [1.82, 2.24) is 4.31 Å². The Balaban J connectivity index is 1.93. The molecule has 3 rings (SSSR count). The van der Waals surface area contributed by atoms with E-state index in [4.69, 9.17) is 5.73 Å². The zero-order chi connectivity index (χ0) is 12.8. The van der Waals surface area contributed by atoms with Gasteiger partial charge in [-0.1, -0.05) is 6.42 Å². The third kappa shape index (κ3) is 1.96. The predicted octanol–water partition coefficient (Wildman–Crippen LogP) is 2.28. The highest BCUT2D eigenvalue weighted by atomic mass is 32.2. The second kappa shape index (κ2) is 4.51.